The summed E-state index contributed by atoms with van der Waals surface area (Å²) in [7, 11) is 0. The molecule has 0 spiro atoms. The van der Waals surface area contributed by atoms with Gasteiger partial charge in [0.1, 0.15) is 11.6 Å². The first kappa shape index (κ1) is 19.0. The smallest absolute Gasteiger partial charge is 0.188 e. The van der Waals surface area contributed by atoms with Crippen molar-refractivity contribution >= 4 is 23.1 Å². The summed E-state index contributed by atoms with van der Waals surface area (Å²) >= 11 is 6.31. The standard InChI is InChI=1S/C22H19ClFN5O/c23-17-7-3-2-6-16(17)22(30)11-13-28(14-12-22)20-10-9-19-25-26-21(29(19)27-20)15-5-1-4-8-18(15)24/h1-10,30H,11-14H2. The third kappa shape index (κ3) is 3.20. The maximum absolute atomic E-state index is 14.3. The highest BCUT2D eigenvalue weighted by atomic mass is 35.5. The van der Waals surface area contributed by atoms with Crippen LogP contribution < -0.4 is 4.90 Å². The van der Waals surface area contributed by atoms with E-state index >= 15 is 0 Å². The van der Waals surface area contributed by atoms with Crippen molar-refractivity contribution in [1.82, 2.24) is 19.8 Å². The Kier molecular flexibility index (Phi) is 4.64. The van der Waals surface area contributed by atoms with Gasteiger partial charge in [0.25, 0.3) is 0 Å². The average molecular weight is 424 g/mol. The highest BCUT2D eigenvalue weighted by Crippen LogP contribution is 2.37. The van der Waals surface area contributed by atoms with Gasteiger partial charge >= 0.3 is 0 Å². The van der Waals surface area contributed by atoms with Crippen molar-refractivity contribution < 1.29 is 9.50 Å². The van der Waals surface area contributed by atoms with Crippen LogP contribution >= 0.6 is 11.6 Å². The lowest BCUT2D eigenvalue weighted by molar-refractivity contribution is 0.0117. The van der Waals surface area contributed by atoms with E-state index in [9.17, 15) is 9.50 Å². The molecule has 0 unspecified atom stereocenters. The number of anilines is 1. The zero-order valence-electron chi connectivity index (χ0n) is 16.0. The average Bonchev–Trinajstić information content (AvgIpc) is 3.18. The first-order valence-electron chi connectivity index (χ1n) is 9.75. The SMILES string of the molecule is OC1(c2ccccc2Cl)CCN(c2ccc3nnc(-c4ccccc4F)n3n2)CC1. The summed E-state index contributed by atoms with van der Waals surface area (Å²) in [4.78, 5) is 2.09. The van der Waals surface area contributed by atoms with Crippen molar-refractivity contribution in [2.24, 2.45) is 0 Å². The van der Waals surface area contributed by atoms with Crippen LogP contribution in [0.5, 0.6) is 0 Å². The Balaban J connectivity index is 1.43. The van der Waals surface area contributed by atoms with E-state index in [4.69, 9.17) is 11.6 Å². The van der Waals surface area contributed by atoms with Crippen LogP contribution in [0.3, 0.4) is 0 Å². The largest absolute Gasteiger partial charge is 0.385 e. The van der Waals surface area contributed by atoms with Crippen molar-refractivity contribution in [3.05, 3.63) is 77.1 Å². The number of aliphatic hydroxyl groups is 1. The van der Waals surface area contributed by atoms with Gasteiger partial charge in [-0.05, 0) is 43.2 Å². The summed E-state index contributed by atoms with van der Waals surface area (Å²) in [5.41, 5.74) is 0.687. The maximum atomic E-state index is 14.3. The molecular weight excluding hydrogens is 405 g/mol. The third-order valence-electron chi connectivity index (χ3n) is 5.65. The molecule has 0 aliphatic carbocycles. The van der Waals surface area contributed by atoms with Crippen molar-refractivity contribution in [3.63, 3.8) is 0 Å². The Hall–Kier alpha value is -3.03. The van der Waals surface area contributed by atoms with Gasteiger partial charge in [0, 0.05) is 23.7 Å². The third-order valence-corrected chi connectivity index (χ3v) is 5.98. The number of benzene rings is 2. The predicted molar refractivity (Wildman–Crippen MR) is 113 cm³/mol. The van der Waals surface area contributed by atoms with Crippen LogP contribution in [0.2, 0.25) is 5.02 Å². The molecule has 8 heteroatoms. The summed E-state index contributed by atoms with van der Waals surface area (Å²) in [6.45, 7) is 1.22. The van der Waals surface area contributed by atoms with E-state index in [1.165, 1.54) is 6.07 Å². The molecule has 1 N–H and O–H groups in total. The van der Waals surface area contributed by atoms with E-state index in [-0.39, 0.29) is 5.82 Å². The number of hydrogen-bond donors (Lipinski definition) is 1. The number of piperidine rings is 1. The molecule has 0 radical (unpaired) electrons. The minimum atomic E-state index is -0.964. The summed E-state index contributed by atoms with van der Waals surface area (Å²) in [6, 6.07) is 17.5. The quantitative estimate of drug-likeness (QED) is 0.538. The molecule has 6 nitrogen and oxygen atoms in total. The van der Waals surface area contributed by atoms with E-state index in [1.54, 1.807) is 28.8 Å². The monoisotopic (exact) mass is 423 g/mol. The van der Waals surface area contributed by atoms with Crippen LogP contribution in [-0.2, 0) is 5.60 Å². The fraction of sp³-hybridized carbons (Fsp3) is 0.227. The lowest BCUT2D eigenvalue weighted by Crippen LogP contribution is -2.43. The van der Waals surface area contributed by atoms with Crippen LogP contribution in [-0.4, -0.2) is 38.0 Å². The number of aromatic nitrogens is 4. The lowest BCUT2D eigenvalue weighted by atomic mass is 9.84. The fourth-order valence-corrected chi connectivity index (χ4v) is 4.28. The molecule has 0 amide bonds. The van der Waals surface area contributed by atoms with Crippen LogP contribution in [0.1, 0.15) is 18.4 Å². The Morgan fingerprint density at radius 1 is 0.933 bits per heavy atom. The second-order valence-corrected chi connectivity index (χ2v) is 7.87. The summed E-state index contributed by atoms with van der Waals surface area (Å²) in [5, 5.41) is 24.6. The van der Waals surface area contributed by atoms with Crippen molar-refractivity contribution in [1.29, 1.82) is 0 Å². The molecule has 3 heterocycles. The van der Waals surface area contributed by atoms with Gasteiger partial charge in [0.15, 0.2) is 11.5 Å². The van der Waals surface area contributed by atoms with Gasteiger partial charge in [0.05, 0.1) is 11.2 Å². The number of nitrogens with zero attached hydrogens (tertiary/aromatic N) is 5. The Morgan fingerprint density at radius 2 is 1.67 bits per heavy atom. The number of hydrogen-bond acceptors (Lipinski definition) is 5. The Labute approximate surface area is 177 Å². The van der Waals surface area contributed by atoms with Crippen LogP contribution in [0.15, 0.2) is 60.7 Å². The predicted octanol–water partition coefficient (Wildman–Crippen LogP) is 4.07. The van der Waals surface area contributed by atoms with Crippen LogP contribution in [0, 0.1) is 5.82 Å². The summed E-state index contributed by atoms with van der Waals surface area (Å²) < 4.78 is 15.8. The minimum absolute atomic E-state index is 0.349. The first-order chi connectivity index (χ1) is 14.5. The topological polar surface area (TPSA) is 66.5 Å². The molecule has 2 aromatic heterocycles. The van der Waals surface area contributed by atoms with E-state index < -0.39 is 5.60 Å². The molecular formula is C22H19ClFN5O. The first-order valence-corrected chi connectivity index (χ1v) is 10.1. The van der Waals surface area contributed by atoms with Crippen molar-refractivity contribution in [3.8, 4) is 11.4 Å². The number of halogens is 2. The van der Waals surface area contributed by atoms with E-state index in [1.807, 2.05) is 30.3 Å². The molecule has 2 aromatic carbocycles. The molecule has 0 atom stereocenters. The molecule has 30 heavy (non-hydrogen) atoms. The van der Waals surface area contributed by atoms with E-state index in [2.05, 4.69) is 20.2 Å². The Bertz CT molecular complexity index is 1220. The number of rotatable bonds is 3. The van der Waals surface area contributed by atoms with Crippen LogP contribution in [0.25, 0.3) is 17.0 Å². The van der Waals surface area contributed by atoms with Gasteiger partial charge < -0.3 is 10.0 Å². The van der Waals surface area contributed by atoms with Gasteiger partial charge in [0.2, 0.25) is 0 Å². The maximum Gasteiger partial charge on any atom is 0.188 e. The van der Waals surface area contributed by atoms with E-state index in [0.29, 0.717) is 48.0 Å². The van der Waals surface area contributed by atoms with Gasteiger partial charge in [-0.25, -0.2) is 4.39 Å². The molecule has 4 aromatic rings. The highest BCUT2D eigenvalue weighted by Gasteiger charge is 2.36. The van der Waals surface area contributed by atoms with Gasteiger partial charge in [-0.15, -0.1) is 15.3 Å². The van der Waals surface area contributed by atoms with E-state index in [0.717, 1.165) is 11.4 Å². The molecule has 5 rings (SSSR count). The zero-order chi connectivity index (χ0) is 20.7. The second-order valence-electron chi connectivity index (χ2n) is 7.46. The normalized spacial score (nSPS) is 16.2. The second kappa shape index (κ2) is 7.34. The molecule has 0 bridgehead atoms. The molecule has 1 aliphatic heterocycles. The van der Waals surface area contributed by atoms with Crippen LogP contribution in [0.4, 0.5) is 10.2 Å². The molecule has 0 saturated carbocycles. The minimum Gasteiger partial charge on any atom is -0.385 e. The molecule has 1 aliphatic rings. The molecule has 1 fully saturated rings. The number of fused-ring (bicyclic) bond motifs is 1. The Morgan fingerprint density at radius 3 is 2.43 bits per heavy atom. The molecule has 152 valence electrons. The van der Waals surface area contributed by atoms with Crippen molar-refractivity contribution in [2.45, 2.75) is 18.4 Å². The van der Waals surface area contributed by atoms with Gasteiger partial charge in [-0.2, -0.15) is 4.52 Å². The zero-order valence-corrected chi connectivity index (χ0v) is 16.8. The summed E-state index contributed by atoms with van der Waals surface area (Å²) in [5.74, 6) is 0.706. The summed E-state index contributed by atoms with van der Waals surface area (Å²) in [6.07, 6.45) is 1.05. The molecule has 1 saturated heterocycles. The highest BCUT2D eigenvalue weighted by molar-refractivity contribution is 6.31. The van der Waals surface area contributed by atoms with Gasteiger partial charge in [-0.3, -0.25) is 0 Å². The van der Waals surface area contributed by atoms with Crippen molar-refractivity contribution in [2.75, 3.05) is 18.0 Å². The van der Waals surface area contributed by atoms with Gasteiger partial charge in [-0.1, -0.05) is 41.9 Å². The fourth-order valence-electron chi connectivity index (χ4n) is 3.97. The lowest BCUT2D eigenvalue weighted by Gasteiger charge is -2.39.